The standard InChI is InChI=1S/C17H26N2O2/c1-3-7-15(18)17(20)19-11-6-9-14(19)12-13-8-4-5-10-16(13)21-2/h4-5,8,10,14-15H,3,6-7,9,11-12,18H2,1-2H3. The minimum absolute atomic E-state index is 0.106. The van der Waals surface area contributed by atoms with Crippen molar-refractivity contribution >= 4 is 5.91 Å². The van der Waals surface area contributed by atoms with Gasteiger partial charge in [-0.15, -0.1) is 0 Å². The SMILES string of the molecule is CCCC(N)C(=O)N1CCCC1Cc1ccccc1OC. The molecule has 0 spiro atoms. The second kappa shape index (κ2) is 7.46. The molecule has 1 aromatic carbocycles. The first-order valence-corrected chi connectivity index (χ1v) is 7.85. The highest BCUT2D eigenvalue weighted by Gasteiger charge is 2.31. The summed E-state index contributed by atoms with van der Waals surface area (Å²) in [4.78, 5) is 14.4. The van der Waals surface area contributed by atoms with E-state index in [-0.39, 0.29) is 18.0 Å². The predicted molar refractivity (Wildman–Crippen MR) is 84.3 cm³/mol. The van der Waals surface area contributed by atoms with Crippen molar-refractivity contribution in [3.63, 3.8) is 0 Å². The number of ether oxygens (including phenoxy) is 1. The highest BCUT2D eigenvalue weighted by atomic mass is 16.5. The number of carbonyl (C=O) groups is 1. The molecule has 1 heterocycles. The van der Waals surface area contributed by atoms with Gasteiger partial charge in [0.25, 0.3) is 0 Å². The summed E-state index contributed by atoms with van der Waals surface area (Å²) in [7, 11) is 1.69. The van der Waals surface area contributed by atoms with Gasteiger partial charge in [-0.05, 0) is 37.3 Å². The molecule has 0 saturated carbocycles. The number of methoxy groups -OCH3 is 1. The zero-order valence-electron chi connectivity index (χ0n) is 13.0. The highest BCUT2D eigenvalue weighted by Crippen LogP contribution is 2.26. The zero-order chi connectivity index (χ0) is 15.2. The Morgan fingerprint density at radius 3 is 2.95 bits per heavy atom. The van der Waals surface area contributed by atoms with Gasteiger partial charge in [0.05, 0.1) is 13.2 Å². The molecule has 2 unspecified atom stereocenters. The molecule has 4 heteroatoms. The fourth-order valence-corrected chi connectivity index (χ4v) is 3.11. The number of amides is 1. The summed E-state index contributed by atoms with van der Waals surface area (Å²) < 4.78 is 5.41. The van der Waals surface area contributed by atoms with Gasteiger partial charge in [-0.2, -0.15) is 0 Å². The van der Waals surface area contributed by atoms with Crippen molar-refractivity contribution in [3.05, 3.63) is 29.8 Å². The lowest BCUT2D eigenvalue weighted by molar-refractivity contribution is -0.133. The molecule has 0 bridgehead atoms. The first kappa shape index (κ1) is 15.8. The summed E-state index contributed by atoms with van der Waals surface area (Å²) in [6.45, 7) is 2.89. The van der Waals surface area contributed by atoms with Crippen LogP contribution < -0.4 is 10.5 Å². The van der Waals surface area contributed by atoms with E-state index >= 15 is 0 Å². The molecule has 2 rings (SSSR count). The normalized spacial score (nSPS) is 19.6. The second-order valence-corrected chi connectivity index (χ2v) is 5.74. The minimum Gasteiger partial charge on any atom is -0.496 e. The van der Waals surface area contributed by atoms with E-state index in [2.05, 4.69) is 13.0 Å². The van der Waals surface area contributed by atoms with Gasteiger partial charge in [0.1, 0.15) is 5.75 Å². The molecular weight excluding hydrogens is 264 g/mol. The molecule has 4 nitrogen and oxygen atoms in total. The van der Waals surface area contributed by atoms with E-state index in [1.807, 2.05) is 23.1 Å². The van der Waals surface area contributed by atoms with Gasteiger partial charge in [-0.1, -0.05) is 31.5 Å². The largest absolute Gasteiger partial charge is 0.496 e. The van der Waals surface area contributed by atoms with Crippen LogP contribution in [0.5, 0.6) is 5.75 Å². The smallest absolute Gasteiger partial charge is 0.239 e. The lowest BCUT2D eigenvalue weighted by atomic mass is 10.0. The lowest BCUT2D eigenvalue weighted by Gasteiger charge is -2.28. The van der Waals surface area contributed by atoms with E-state index in [0.29, 0.717) is 0 Å². The van der Waals surface area contributed by atoms with Crippen LogP contribution in [0.25, 0.3) is 0 Å². The summed E-state index contributed by atoms with van der Waals surface area (Å²) >= 11 is 0. The van der Waals surface area contributed by atoms with E-state index in [1.165, 1.54) is 0 Å². The highest BCUT2D eigenvalue weighted by molar-refractivity contribution is 5.82. The number of para-hydroxylation sites is 1. The van der Waals surface area contributed by atoms with Gasteiger partial charge >= 0.3 is 0 Å². The van der Waals surface area contributed by atoms with Crippen LogP contribution >= 0.6 is 0 Å². The topological polar surface area (TPSA) is 55.6 Å². The van der Waals surface area contributed by atoms with Crippen molar-refractivity contribution in [3.8, 4) is 5.75 Å². The number of likely N-dealkylation sites (tertiary alicyclic amines) is 1. The maximum absolute atomic E-state index is 12.5. The van der Waals surface area contributed by atoms with E-state index in [4.69, 9.17) is 10.5 Å². The number of rotatable bonds is 6. The summed E-state index contributed by atoms with van der Waals surface area (Å²) in [5.74, 6) is 1.00. The van der Waals surface area contributed by atoms with Crippen LogP contribution in [-0.2, 0) is 11.2 Å². The Kier molecular flexibility index (Phi) is 5.62. The van der Waals surface area contributed by atoms with Crippen molar-refractivity contribution in [1.29, 1.82) is 0 Å². The first-order chi connectivity index (χ1) is 10.2. The number of nitrogens with zero attached hydrogens (tertiary/aromatic N) is 1. The summed E-state index contributed by atoms with van der Waals surface area (Å²) in [6, 6.07) is 7.93. The third-order valence-electron chi connectivity index (χ3n) is 4.23. The number of hydrogen-bond donors (Lipinski definition) is 1. The first-order valence-electron chi connectivity index (χ1n) is 7.85. The second-order valence-electron chi connectivity index (χ2n) is 5.74. The molecule has 116 valence electrons. The average molecular weight is 290 g/mol. The van der Waals surface area contributed by atoms with Crippen molar-refractivity contribution < 1.29 is 9.53 Å². The van der Waals surface area contributed by atoms with Crippen molar-refractivity contribution in [2.45, 2.75) is 51.1 Å². The summed E-state index contributed by atoms with van der Waals surface area (Å²) in [5, 5.41) is 0. The van der Waals surface area contributed by atoms with E-state index in [9.17, 15) is 4.79 Å². The van der Waals surface area contributed by atoms with Crippen LogP contribution in [-0.4, -0.2) is 36.5 Å². The average Bonchev–Trinajstić information content (AvgIpc) is 2.95. The third kappa shape index (κ3) is 3.76. The molecular formula is C17H26N2O2. The Balaban J connectivity index is 2.06. The van der Waals surface area contributed by atoms with Crippen LogP contribution in [0.3, 0.4) is 0 Å². The fraction of sp³-hybridized carbons (Fsp3) is 0.588. The predicted octanol–water partition coefficient (Wildman–Crippen LogP) is 2.36. The molecule has 2 atom stereocenters. The van der Waals surface area contributed by atoms with E-state index < -0.39 is 0 Å². The maximum Gasteiger partial charge on any atom is 0.239 e. The Morgan fingerprint density at radius 1 is 1.48 bits per heavy atom. The maximum atomic E-state index is 12.5. The Morgan fingerprint density at radius 2 is 2.24 bits per heavy atom. The number of nitrogens with two attached hydrogens (primary N) is 1. The molecule has 1 aliphatic rings. The molecule has 21 heavy (non-hydrogen) atoms. The summed E-state index contributed by atoms with van der Waals surface area (Å²) in [5.41, 5.74) is 7.16. The van der Waals surface area contributed by atoms with Gasteiger partial charge in [-0.25, -0.2) is 0 Å². The molecule has 0 aromatic heterocycles. The number of carbonyl (C=O) groups excluding carboxylic acids is 1. The van der Waals surface area contributed by atoms with Crippen LogP contribution in [0.1, 0.15) is 38.2 Å². The lowest BCUT2D eigenvalue weighted by Crippen LogP contribution is -2.46. The molecule has 0 radical (unpaired) electrons. The van der Waals surface area contributed by atoms with E-state index in [0.717, 1.165) is 50.0 Å². The molecule has 1 fully saturated rings. The molecule has 1 aromatic rings. The molecule has 1 aliphatic heterocycles. The Bertz CT molecular complexity index is 476. The number of benzene rings is 1. The van der Waals surface area contributed by atoms with Crippen LogP contribution in [0.15, 0.2) is 24.3 Å². The molecule has 0 aliphatic carbocycles. The van der Waals surface area contributed by atoms with Crippen LogP contribution in [0, 0.1) is 0 Å². The molecule has 2 N–H and O–H groups in total. The fourth-order valence-electron chi connectivity index (χ4n) is 3.11. The van der Waals surface area contributed by atoms with Gasteiger partial charge < -0.3 is 15.4 Å². The Hall–Kier alpha value is -1.55. The van der Waals surface area contributed by atoms with E-state index in [1.54, 1.807) is 7.11 Å². The van der Waals surface area contributed by atoms with Gasteiger partial charge in [0.2, 0.25) is 5.91 Å². The van der Waals surface area contributed by atoms with Gasteiger partial charge in [-0.3, -0.25) is 4.79 Å². The molecule has 1 amide bonds. The Labute approximate surface area is 127 Å². The van der Waals surface area contributed by atoms with Gasteiger partial charge in [0.15, 0.2) is 0 Å². The number of hydrogen-bond acceptors (Lipinski definition) is 3. The minimum atomic E-state index is -0.353. The quantitative estimate of drug-likeness (QED) is 0.875. The molecule has 1 saturated heterocycles. The zero-order valence-corrected chi connectivity index (χ0v) is 13.0. The summed E-state index contributed by atoms with van der Waals surface area (Å²) in [6.07, 6.45) is 4.65. The van der Waals surface area contributed by atoms with Crippen molar-refractivity contribution in [2.75, 3.05) is 13.7 Å². The van der Waals surface area contributed by atoms with Crippen molar-refractivity contribution in [1.82, 2.24) is 4.90 Å². The van der Waals surface area contributed by atoms with Crippen molar-refractivity contribution in [2.24, 2.45) is 5.73 Å². The monoisotopic (exact) mass is 290 g/mol. The van der Waals surface area contributed by atoms with Gasteiger partial charge in [0, 0.05) is 12.6 Å². The third-order valence-corrected chi connectivity index (χ3v) is 4.23. The van der Waals surface area contributed by atoms with Crippen LogP contribution in [0.4, 0.5) is 0 Å². The van der Waals surface area contributed by atoms with Crippen LogP contribution in [0.2, 0.25) is 0 Å².